The molecule has 4 aromatic rings. The zero-order valence-corrected chi connectivity index (χ0v) is 9.58. The molecule has 3 heterocycles. The van der Waals surface area contributed by atoms with Crippen molar-refractivity contribution in [2.75, 3.05) is 0 Å². The lowest BCUT2D eigenvalue weighted by Crippen LogP contribution is -1.73. The number of fused-ring (bicyclic) bond motifs is 2. The van der Waals surface area contributed by atoms with E-state index >= 15 is 0 Å². The molecule has 0 saturated heterocycles. The van der Waals surface area contributed by atoms with Gasteiger partial charge in [-0.2, -0.15) is 11.3 Å². The SMILES string of the molecule is c1cc(-c2nc3cc4c[nH][nH]c4cc3n2)cs1. The van der Waals surface area contributed by atoms with Crippen molar-refractivity contribution in [1.29, 1.82) is 0 Å². The topological polar surface area (TPSA) is 57.4 Å². The highest BCUT2D eigenvalue weighted by Gasteiger charge is 2.08. The molecule has 82 valence electrons. The summed E-state index contributed by atoms with van der Waals surface area (Å²) < 4.78 is 0. The summed E-state index contributed by atoms with van der Waals surface area (Å²) in [6, 6.07) is 6.10. The largest absolute Gasteiger partial charge is 0.307 e. The fourth-order valence-electron chi connectivity index (χ4n) is 1.97. The van der Waals surface area contributed by atoms with E-state index in [2.05, 4.69) is 25.5 Å². The van der Waals surface area contributed by atoms with Crippen molar-refractivity contribution in [2.45, 2.75) is 0 Å². The van der Waals surface area contributed by atoms with Crippen LogP contribution in [0, 0.1) is 0 Å². The number of benzene rings is 1. The van der Waals surface area contributed by atoms with E-state index in [1.807, 2.05) is 29.8 Å². The Hall–Kier alpha value is -2.14. The van der Waals surface area contributed by atoms with E-state index in [0.717, 1.165) is 33.3 Å². The van der Waals surface area contributed by atoms with E-state index in [1.54, 1.807) is 11.3 Å². The van der Waals surface area contributed by atoms with Gasteiger partial charge in [0.15, 0.2) is 5.82 Å². The second kappa shape index (κ2) is 3.18. The second-order valence-electron chi connectivity index (χ2n) is 3.90. The maximum Gasteiger partial charge on any atom is 0.161 e. The minimum atomic E-state index is 0.804. The molecule has 0 radical (unpaired) electrons. The molecule has 0 saturated carbocycles. The molecule has 0 aliphatic rings. The van der Waals surface area contributed by atoms with Gasteiger partial charge in [0.05, 0.1) is 16.6 Å². The number of aromatic amines is 2. The van der Waals surface area contributed by atoms with Crippen molar-refractivity contribution in [3.05, 3.63) is 35.2 Å². The van der Waals surface area contributed by atoms with Crippen LogP contribution < -0.4 is 0 Å². The monoisotopic (exact) mass is 240 g/mol. The van der Waals surface area contributed by atoms with Crippen LogP contribution in [0.15, 0.2) is 35.2 Å². The van der Waals surface area contributed by atoms with Gasteiger partial charge in [0.2, 0.25) is 0 Å². The number of hydrogen-bond acceptors (Lipinski definition) is 3. The van der Waals surface area contributed by atoms with Gasteiger partial charge >= 0.3 is 0 Å². The Bertz CT molecular complexity index is 746. The second-order valence-corrected chi connectivity index (χ2v) is 4.68. The van der Waals surface area contributed by atoms with Crippen LogP contribution in [0.4, 0.5) is 0 Å². The Morgan fingerprint density at radius 1 is 1.12 bits per heavy atom. The first-order valence-corrected chi connectivity index (χ1v) is 6.20. The van der Waals surface area contributed by atoms with Crippen LogP contribution in [0.1, 0.15) is 0 Å². The number of thiophene rings is 1. The highest BCUT2D eigenvalue weighted by molar-refractivity contribution is 7.08. The predicted molar refractivity (Wildman–Crippen MR) is 69.1 cm³/mol. The van der Waals surface area contributed by atoms with Crippen molar-refractivity contribution in [3.63, 3.8) is 0 Å². The Kier molecular flexibility index (Phi) is 1.67. The number of nitrogens with one attached hydrogen (secondary N) is 2. The van der Waals surface area contributed by atoms with Gasteiger partial charge in [-0.15, -0.1) is 0 Å². The highest BCUT2D eigenvalue weighted by Crippen LogP contribution is 2.25. The minimum absolute atomic E-state index is 0.804. The Balaban J connectivity index is 2.02. The van der Waals surface area contributed by atoms with Gasteiger partial charge in [-0.05, 0) is 23.6 Å². The predicted octanol–water partition coefficient (Wildman–Crippen LogP) is 3.17. The van der Waals surface area contributed by atoms with E-state index in [1.165, 1.54) is 0 Å². The van der Waals surface area contributed by atoms with Gasteiger partial charge in [0, 0.05) is 22.5 Å². The van der Waals surface area contributed by atoms with Crippen LogP contribution >= 0.6 is 11.3 Å². The maximum atomic E-state index is 4.55. The summed E-state index contributed by atoms with van der Waals surface area (Å²) in [7, 11) is 0. The smallest absolute Gasteiger partial charge is 0.161 e. The van der Waals surface area contributed by atoms with E-state index < -0.39 is 0 Å². The van der Waals surface area contributed by atoms with Crippen LogP contribution in [-0.2, 0) is 0 Å². The third kappa shape index (κ3) is 1.29. The maximum absolute atomic E-state index is 4.55. The third-order valence-corrected chi connectivity index (χ3v) is 3.50. The van der Waals surface area contributed by atoms with Crippen LogP contribution in [-0.4, -0.2) is 20.2 Å². The number of aromatic nitrogens is 4. The van der Waals surface area contributed by atoms with Crippen molar-refractivity contribution >= 4 is 33.3 Å². The summed E-state index contributed by atoms with van der Waals surface area (Å²) in [5.41, 5.74) is 4.00. The number of nitrogens with zero attached hydrogens (tertiary/aromatic N) is 2. The van der Waals surface area contributed by atoms with Gasteiger partial charge in [-0.25, -0.2) is 9.97 Å². The van der Waals surface area contributed by atoms with Gasteiger partial charge in [-0.1, -0.05) is 0 Å². The quantitative estimate of drug-likeness (QED) is 0.537. The number of rotatable bonds is 1. The summed E-state index contributed by atoms with van der Waals surface area (Å²) in [6.45, 7) is 0. The van der Waals surface area contributed by atoms with Crippen molar-refractivity contribution in [2.24, 2.45) is 0 Å². The molecule has 0 bridgehead atoms. The normalized spacial score (nSPS) is 11.5. The molecule has 1 aromatic carbocycles. The third-order valence-electron chi connectivity index (χ3n) is 2.81. The van der Waals surface area contributed by atoms with Crippen molar-refractivity contribution in [3.8, 4) is 11.4 Å². The molecule has 5 heteroatoms. The molecule has 0 aliphatic carbocycles. The molecule has 4 nitrogen and oxygen atoms in total. The minimum Gasteiger partial charge on any atom is -0.307 e. The fourth-order valence-corrected chi connectivity index (χ4v) is 2.60. The molecule has 3 aromatic heterocycles. The van der Waals surface area contributed by atoms with Crippen molar-refractivity contribution < 1.29 is 0 Å². The number of hydrogen-bond donors (Lipinski definition) is 2. The van der Waals surface area contributed by atoms with E-state index in [4.69, 9.17) is 0 Å². The van der Waals surface area contributed by atoms with Gasteiger partial charge in [0.25, 0.3) is 0 Å². The number of imidazole rings is 1. The van der Waals surface area contributed by atoms with Crippen LogP contribution in [0.3, 0.4) is 0 Å². The molecule has 0 amide bonds. The lowest BCUT2D eigenvalue weighted by Gasteiger charge is -1.87. The lowest BCUT2D eigenvalue weighted by atomic mass is 10.2. The summed E-state index contributed by atoms with van der Waals surface area (Å²) >= 11 is 1.66. The average Bonchev–Trinajstić information content (AvgIpc) is 3.05. The van der Waals surface area contributed by atoms with Gasteiger partial charge in [0.1, 0.15) is 0 Å². The molecule has 0 spiro atoms. The zero-order valence-electron chi connectivity index (χ0n) is 8.77. The van der Waals surface area contributed by atoms with Gasteiger partial charge in [-0.3, -0.25) is 0 Å². The molecule has 17 heavy (non-hydrogen) atoms. The van der Waals surface area contributed by atoms with Crippen LogP contribution in [0.2, 0.25) is 0 Å². The Labute approximate surface area is 100 Å². The van der Waals surface area contributed by atoms with Crippen molar-refractivity contribution in [1.82, 2.24) is 20.2 Å². The molecule has 2 N–H and O–H groups in total. The molecule has 0 unspecified atom stereocenters. The molecular weight excluding hydrogens is 232 g/mol. The van der Waals surface area contributed by atoms with E-state index in [9.17, 15) is 0 Å². The molecule has 4 rings (SSSR count). The zero-order chi connectivity index (χ0) is 11.2. The van der Waals surface area contributed by atoms with E-state index in [-0.39, 0.29) is 0 Å². The van der Waals surface area contributed by atoms with Crippen LogP contribution in [0.25, 0.3) is 33.3 Å². The molecule has 0 aliphatic heterocycles. The first-order valence-electron chi connectivity index (χ1n) is 5.26. The average molecular weight is 240 g/mol. The van der Waals surface area contributed by atoms with Gasteiger partial charge < -0.3 is 10.2 Å². The molecule has 0 fully saturated rings. The lowest BCUT2D eigenvalue weighted by molar-refractivity contribution is 1.12. The Morgan fingerprint density at radius 2 is 2.00 bits per heavy atom. The first-order chi connectivity index (χ1) is 8.40. The number of H-pyrrole nitrogens is 2. The molecular formula is C12H8N4S. The summed E-state index contributed by atoms with van der Waals surface area (Å²) in [4.78, 5) is 9.10. The molecule has 0 atom stereocenters. The Morgan fingerprint density at radius 3 is 2.82 bits per heavy atom. The van der Waals surface area contributed by atoms with E-state index in [0.29, 0.717) is 0 Å². The first kappa shape index (κ1) is 8.95. The summed E-state index contributed by atoms with van der Waals surface area (Å²) in [6.07, 6.45) is 1.92. The fraction of sp³-hybridized carbons (Fsp3) is 0. The highest BCUT2D eigenvalue weighted by atomic mass is 32.1. The van der Waals surface area contributed by atoms with Crippen LogP contribution in [0.5, 0.6) is 0 Å². The summed E-state index contributed by atoms with van der Waals surface area (Å²) in [5, 5.41) is 11.3. The summed E-state index contributed by atoms with van der Waals surface area (Å²) in [5.74, 6) is 0.804. The standard InChI is InChI=1S/C12H8N4S/c1-2-17-6-7(1)12-14-10-3-8-5-13-16-9(8)4-11(10)15-12/h1-6,13,16H.